The molecule has 0 saturated heterocycles. The maximum Gasteiger partial charge on any atom is 0.338 e. The molecule has 0 bridgehead atoms. The molecule has 6 rings (SSSR count). The second-order valence-electron chi connectivity index (χ2n) is 9.96. The number of hydrogen-bond donors (Lipinski definition) is 0. The molecular weight excluding hydrogens is 656 g/mol. The third kappa shape index (κ3) is 5.80. The van der Waals surface area contributed by atoms with E-state index in [9.17, 15) is 9.59 Å². The van der Waals surface area contributed by atoms with Crippen molar-refractivity contribution in [2.75, 3.05) is 12.9 Å². The molecule has 1 aliphatic rings. The monoisotopic (exact) mass is 682 g/mol. The summed E-state index contributed by atoms with van der Waals surface area (Å²) in [5, 5.41) is 4.91. The number of benzene rings is 3. The highest BCUT2D eigenvalue weighted by Crippen LogP contribution is 2.32. The number of thiazole rings is 1. The van der Waals surface area contributed by atoms with E-state index in [1.54, 1.807) is 23.3 Å². The molecule has 7 nitrogen and oxygen atoms in total. The van der Waals surface area contributed by atoms with Crippen molar-refractivity contribution in [2.24, 2.45) is 4.99 Å². The Balaban J connectivity index is 1.54. The number of nitrogens with zero attached hydrogens (tertiary/aromatic N) is 4. The number of halogens is 1. The largest absolute Gasteiger partial charge is 0.458 e. The Morgan fingerprint density at radius 2 is 1.82 bits per heavy atom. The summed E-state index contributed by atoms with van der Waals surface area (Å²) in [4.78, 5) is 33.9. The Morgan fingerprint density at radius 1 is 1.09 bits per heavy atom. The van der Waals surface area contributed by atoms with Crippen LogP contribution in [-0.4, -0.2) is 33.2 Å². The summed E-state index contributed by atoms with van der Waals surface area (Å²) in [5.41, 5.74) is 4.72. The highest BCUT2D eigenvalue weighted by atomic mass is 79.9. The number of esters is 1. The van der Waals surface area contributed by atoms with Crippen LogP contribution in [0.1, 0.15) is 24.1 Å². The molecule has 44 heavy (non-hydrogen) atoms. The Morgan fingerprint density at radius 3 is 2.50 bits per heavy atom. The maximum absolute atomic E-state index is 14.2. The summed E-state index contributed by atoms with van der Waals surface area (Å²) in [5.74, 6) is -0.527. The van der Waals surface area contributed by atoms with Gasteiger partial charge in [0.05, 0.1) is 33.2 Å². The molecule has 1 unspecified atom stereocenters. The minimum Gasteiger partial charge on any atom is -0.458 e. The van der Waals surface area contributed by atoms with Crippen LogP contribution in [0.3, 0.4) is 0 Å². The third-order valence-electron chi connectivity index (χ3n) is 7.17. The van der Waals surface area contributed by atoms with Gasteiger partial charge in [-0.1, -0.05) is 82.4 Å². The molecule has 0 saturated carbocycles. The maximum atomic E-state index is 14.2. The molecule has 1 aliphatic heterocycles. The lowest BCUT2D eigenvalue weighted by Gasteiger charge is -2.24. The van der Waals surface area contributed by atoms with Gasteiger partial charge in [0, 0.05) is 26.7 Å². The molecule has 0 spiro atoms. The Bertz CT molecular complexity index is 2080. The molecule has 3 heterocycles. The summed E-state index contributed by atoms with van der Waals surface area (Å²) in [6, 6.07) is 24.9. The number of fused-ring (bicyclic) bond motifs is 1. The van der Waals surface area contributed by atoms with Gasteiger partial charge in [0.2, 0.25) is 0 Å². The first-order valence-electron chi connectivity index (χ1n) is 13.7. The predicted molar refractivity (Wildman–Crippen MR) is 180 cm³/mol. The smallest absolute Gasteiger partial charge is 0.338 e. The van der Waals surface area contributed by atoms with Gasteiger partial charge in [-0.05, 0) is 61.2 Å². The SMILES string of the molecule is C=CCOC(=O)C1=C(C)N=c2sc(=Cc3cn(-c4ccccc4)nc3-c3ccc(Br)cc3)c(=O)n2C1c1ccc(SC)cc1. The van der Waals surface area contributed by atoms with E-state index >= 15 is 0 Å². The van der Waals surface area contributed by atoms with Crippen LogP contribution in [0.5, 0.6) is 0 Å². The highest BCUT2D eigenvalue weighted by Gasteiger charge is 2.33. The van der Waals surface area contributed by atoms with Crippen molar-refractivity contribution >= 4 is 51.1 Å². The fourth-order valence-corrected chi connectivity index (χ4v) is 6.79. The second-order valence-corrected chi connectivity index (χ2v) is 12.8. The molecule has 5 aromatic rings. The quantitative estimate of drug-likeness (QED) is 0.109. The number of carbonyl (C=O) groups is 1. The van der Waals surface area contributed by atoms with Crippen molar-refractivity contribution in [3.05, 3.63) is 144 Å². The van der Waals surface area contributed by atoms with Gasteiger partial charge in [-0.2, -0.15) is 5.10 Å². The van der Waals surface area contributed by atoms with Crippen LogP contribution in [0.2, 0.25) is 0 Å². The average molecular weight is 684 g/mol. The number of para-hydroxylation sites is 1. The van der Waals surface area contributed by atoms with Gasteiger partial charge in [0.25, 0.3) is 5.56 Å². The standard InChI is InChI=1S/C34H27BrN4O3S2/c1-4-18-42-33(41)29-21(2)36-34-39(31(29)23-12-16-27(43-3)17-13-23)32(40)28(44-34)19-24-20-38(26-8-6-5-7-9-26)37-30(24)22-10-14-25(35)15-11-22/h4-17,19-20,31H,1,18H2,2-3H3. The zero-order valence-electron chi connectivity index (χ0n) is 23.9. The van der Waals surface area contributed by atoms with Gasteiger partial charge in [0.15, 0.2) is 4.80 Å². The van der Waals surface area contributed by atoms with Crippen molar-refractivity contribution in [1.29, 1.82) is 0 Å². The molecule has 0 N–H and O–H groups in total. The lowest BCUT2D eigenvalue weighted by atomic mass is 9.96. The van der Waals surface area contributed by atoms with Crippen LogP contribution in [0.25, 0.3) is 23.0 Å². The van der Waals surface area contributed by atoms with Gasteiger partial charge in [-0.3, -0.25) is 9.36 Å². The number of allylic oxidation sites excluding steroid dienone is 1. The molecule has 1 atom stereocenters. The lowest BCUT2D eigenvalue weighted by Crippen LogP contribution is -2.39. The van der Waals surface area contributed by atoms with Crippen molar-refractivity contribution in [3.63, 3.8) is 0 Å². The molecule has 0 radical (unpaired) electrons. The molecule has 220 valence electrons. The van der Waals surface area contributed by atoms with Crippen molar-refractivity contribution in [1.82, 2.24) is 14.3 Å². The summed E-state index contributed by atoms with van der Waals surface area (Å²) in [6.45, 7) is 5.49. The molecule has 3 aromatic carbocycles. The first kappa shape index (κ1) is 29.8. The Hall–Kier alpha value is -4.25. The Labute approximate surface area is 270 Å². The summed E-state index contributed by atoms with van der Waals surface area (Å²) in [7, 11) is 0. The molecule has 0 amide bonds. The third-order valence-corrected chi connectivity index (χ3v) is 9.43. The summed E-state index contributed by atoms with van der Waals surface area (Å²) >= 11 is 6.42. The number of aromatic nitrogens is 3. The van der Waals surface area contributed by atoms with Crippen molar-refractivity contribution in [2.45, 2.75) is 17.9 Å². The van der Waals surface area contributed by atoms with E-state index in [4.69, 9.17) is 14.8 Å². The van der Waals surface area contributed by atoms with E-state index in [0.29, 0.717) is 20.6 Å². The fraction of sp³-hybridized carbons (Fsp3) is 0.118. The van der Waals surface area contributed by atoms with Crippen LogP contribution >= 0.6 is 39.0 Å². The minimum absolute atomic E-state index is 0.0579. The van der Waals surface area contributed by atoms with Gasteiger partial charge >= 0.3 is 5.97 Å². The van der Waals surface area contributed by atoms with Gasteiger partial charge < -0.3 is 4.74 Å². The van der Waals surface area contributed by atoms with Crippen LogP contribution in [0.4, 0.5) is 0 Å². The molecule has 2 aromatic heterocycles. The van der Waals surface area contributed by atoms with E-state index in [2.05, 4.69) is 22.5 Å². The predicted octanol–water partition coefficient (Wildman–Crippen LogP) is 6.30. The molecule has 0 aliphatic carbocycles. The topological polar surface area (TPSA) is 78.5 Å². The number of carbonyl (C=O) groups excluding carboxylic acids is 1. The van der Waals surface area contributed by atoms with Crippen molar-refractivity contribution < 1.29 is 9.53 Å². The molecular formula is C34H27BrN4O3S2. The summed E-state index contributed by atoms with van der Waals surface area (Å²) < 4.78 is 10.3. The number of thioether (sulfide) groups is 1. The lowest BCUT2D eigenvalue weighted by molar-refractivity contribution is -0.138. The fourth-order valence-electron chi connectivity index (χ4n) is 5.08. The zero-order valence-corrected chi connectivity index (χ0v) is 27.2. The normalized spacial score (nSPS) is 14.7. The minimum atomic E-state index is -0.695. The van der Waals surface area contributed by atoms with E-state index in [1.807, 2.05) is 102 Å². The van der Waals surface area contributed by atoms with Gasteiger partial charge in [-0.15, -0.1) is 11.8 Å². The highest BCUT2D eigenvalue weighted by molar-refractivity contribution is 9.10. The second kappa shape index (κ2) is 12.8. The zero-order chi connectivity index (χ0) is 30.8. The van der Waals surface area contributed by atoms with Gasteiger partial charge in [0.1, 0.15) is 6.61 Å². The molecule has 10 heteroatoms. The van der Waals surface area contributed by atoms with Crippen molar-refractivity contribution in [3.8, 4) is 16.9 Å². The first-order valence-corrected chi connectivity index (χ1v) is 16.6. The number of ether oxygens (including phenoxy) is 1. The summed E-state index contributed by atoms with van der Waals surface area (Å²) in [6.07, 6.45) is 7.30. The van der Waals surface area contributed by atoms with E-state index in [-0.39, 0.29) is 12.2 Å². The average Bonchev–Trinajstić information content (AvgIpc) is 3.60. The van der Waals surface area contributed by atoms with E-state index in [0.717, 1.165) is 37.4 Å². The molecule has 0 fully saturated rings. The van der Waals surface area contributed by atoms with Crippen LogP contribution in [0, 0.1) is 0 Å². The van der Waals surface area contributed by atoms with Gasteiger partial charge in [-0.25, -0.2) is 14.5 Å². The van der Waals surface area contributed by atoms with Crippen LogP contribution in [0.15, 0.2) is 128 Å². The number of rotatable bonds is 8. The first-order chi connectivity index (χ1) is 21.4. The van der Waals surface area contributed by atoms with Crippen LogP contribution < -0.4 is 14.9 Å². The van der Waals surface area contributed by atoms with E-state index < -0.39 is 12.0 Å². The van der Waals surface area contributed by atoms with E-state index in [1.165, 1.54) is 17.4 Å². The Kier molecular flexibility index (Phi) is 8.65. The number of hydrogen-bond acceptors (Lipinski definition) is 7. The van der Waals surface area contributed by atoms with Crippen LogP contribution in [-0.2, 0) is 9.53 Å².